The van der Waals surface area contributed by atoms with Crippen molar-refractivity contribution < 1.29 is 119 Å². The van der Waals surface area contributed by atoms with Crippen molar-refractivity contribution in [1.82, 2.24) is 0 Å². The summed E-state index contributed by atoms with van der Waals surface area (Å²) in [5.74, 6) is -8.31. The highest BCUT2D eigenvalue weighted by atomic mass is 19.4. The van der Waals surface area contributed by atoms with Gasteiger partial charge in [-0.1, -0.05) is 38.1 Å². The highest BCUT2D eigenvalue weighted by Crippen LogP contribution is 2.58. The zero-order valence-electron chi connectivity index (χ0n) is 40.5. The van der Waals surface area contributed by atoms with Crippen LogP contribution in [0.15, 0.2) is 84.9 Å². The molecular weight excluding hydrogens is 1100 g/mol. The predicted molar refractivity (Wildman–Crippen MR) is 240 cm³/mol. The minimum Gasteiger partial charge on any atom is -0.478 e. The third-order valence-electron chi connectivity index (χ3n) is 13.4. The van der Waals surface area contributed by atoms with Gasteiger partial charge in [0.1, 0.15) is 0 Å². The van der Waals surface area contributed by atoms with Crippen LogP contribution in [0.25, 0.3) is 11.1 Å². The Labute approximate surface area is 428 Å². The Hall–Kier alpha value is -6.84. The Kier molecular flexibility index (Phi) is 16.0. The molecule has 10 nitrogen and oxygen atoms in total. The van der Waals surface area contributed by atoms with Gasteiger partial charge in [0, 0.05) is 39.0 Å². The molecule has 0 heterocycles. The first-order valence-corrected chi connectivity index (χ1v) is 22.4. The number of ketones is 1. The van der Waals surface area contributed by atoms with Crippen molar-refractivity contribution in [2.45, 2.75) is 113 Å². The number of benzene rings is 4. The molecule has 0 bridgehead atoms. The molecule has 0 aromatic heterocycles. The summed E-state index contributed by atoms with van der Waals surface area (Å²) in [6.45, 7) is 6.62. The van der Waals surface area contributed by atoms with Gasteiger partial charge in [-0.05, 0) is 129 Å². The normalized spacial score (nSPS) is 15.5. The van der Waals surface area contributed by atoms with E-state index in [-0.39, 0.29) is 67.1 Å². The fourth-order valence-electron chi connectivity index (χ4n) is 9.10. The van der Waals surface area contributed by atoms with E-state index in [1.54, 1.807) is 0 Å². The third kappa shape index (κ3) is 10.8. The SMILES string of the molecule is C/C=C\C(C)(C)Nc1cc(-c2cc(NC(=O)c3cc(C(c4ccc(C(=O)O)c(C(=O)C(C)(CC)C5CC5)c4)(C(F)(F)F)C(F)(F)F)ccc3C(=O)O)cc(C(O)(C(F)(F)F)C(F)(F)F)c2)cc(C(O)(C(F)(F)F)C(F)(F)F)c1. The Morgan fingerprint density at radius 3 is 1.27 bits per heavy atom. The largest absolute Gasteiger partial charge is 0.478 e. The topological polar surface area (TPSA) is 173 Å². The minimum absolute atomic E-state index is 0.00887. The second-order valence-electron chi connectivity index (χ2n) is 19.1. The van der Waals surface area contributed by atoms with E-state index in [9.17, 15) is 92.3 Å². The Bertz CT molecular complexity index is 3000. The van der Waals surface area contributed by atoms with Crippen LogP contribution in [-0.2, 0) is 16.6 Å². The van der Waals surface area contributed by atoms with Gasteiger partial charge in [-0.15, -0.1) is 0 Å². The molecule has 4 aromatic rings. The number of rotatable bonds is 16. The molecule has 4 aromatic carbocycles. The molecule has 6 N–H and O–H groups in total. The maximum Gasteiger partial charge on any atom is 0.430 e. The lowest BCUT2D eigenvalue weighted by Gasteiger charge is -2.39. The Morgan fingerprint density at radius 2 is 0.910 bits per heavy atom. The van der Waals surface area contributed by atoms with Crippen LogP contribution in [0.3, 0.4) is 0 Å². The number of carboxylic acid groups (broad SMARTS) is 2. The van der Waals surface area contributed by atoms with Crippen LogP contribution in [0.2, 0.25) is 0 Å². The first-order chi connectivity index (χ1) is 35.2. The molecule has 0 saturated heterocycles. The molecule has 5 rings (SSSR count). The van der Waals surface area contributed by atoms with Crippen molar-refractivity contribution in [3.8, 4) is 11.1 Å². The van der Waals surface area contributed by atoms with Gasteiger partial charge in [0.05, 0.1) is 16.7 Å². The van der Waals surface area contributed by atoms with Crippen molar-refractivity contribution in [1.29, 1.82) is 0 Å². The number of nitrogens with one attached hydrogen (secondary N) is 2. The summed E-state index contributed by atoms with van der Waals surface area (Å²) in [5, 5.41) is 44.7. The highest BCUT2D eigenvalue weighted by molar-refractivity contribution is 6.11. The van der Waals surface area contributed by atoms with Gasteiger partial charge >= 0.3 is 49.0 Å². The summed E-state index contributed by atoms with van der Waals surface area (Å²) in [6.07, 6.45) is -37.3. The van der Waals surface area contributed by atoms with E-state index in [1.165, 1.54) is 52.1 Å². The number of anilines is 2. The van der Waals surface area contributed by atoms with Crippen LogP contribution in [0.1, 0.15) is 118 Å². The molecule has 1 fully saturated rings. The fourth-order valence-corrected chi connectivity index (χ4v) is 9.10. The number of carbonyl (C=O) groups is 4. The van der Waals surface area contributed by atoms with Crippen molar-refractivity contribution >= 4 is 35.0 Å². The zero-order chi connectivity index (χ0) is 59.7. The van der Waals surface area contributed by atoms with Crippen LogP contribution in [0.4, 0.5) is 90.4 Å². The number of alkyl halides is 18. The van der Waals surface area contributed by atoms with E-state index in [2.05, 4.69) is 5.32 Å². The molecule has 0 aliphatic heterocycles. The highest BCUT2D eigenvalue weighted by Gasteiger charge is 2.74. The van der Waals surface area contributed by atoms with E-state index < -0.39 is 167 Å². The maximum atomic E-state index is 15.7. The Morgan fingerprint density at radius 1 is 0.526 bits per heavy atom. The smallest absolute Gasteiger partial charge is 0.430 e. The van der Waals surface area contributed by atoms with Gasteiger partial charge in [0.25, 0.3) is 17.1 Å². The van der Waals surface area contributed by atoms with Crippen LogP contribution in [-0.4, -0.2) is 86.7 Å². The van der Waals surface area contributed by atoms with E-state index in [0.717, 1.165) is 0 Å². The first kappa shape index (κ1) is 62.0. The number of aliphatic hydroxyl groups is 2. The van der Waals surface area contributed by atoms with Gasteiger partial charge in [-0.25, -0.2) is 9.59 Å². The summed E-state index contributed by atoms with van der Waals surface area (Å²) >= 11 is 0. The monoisotopic (exact) mass is 1140 g/mol. The lowest BCUT2D eigenvalue weighted by molar-refractivity contribution is -0.376. The first-order valence-electron chi connectivity index (χ1n) is 22.4. The van der Waals surface area contributed by atoms with Crippen LogP contribution >= 0.6 is 0 Å². The van der Waals surface area contributed by atoms with Crippen LogP contribution in [0.5, 0.6) is 0 Å². The van der Waals surface area contributed by atoms with Crippen molar-refractivity contribution in [2.75, 3.05) is 10.6 Å². The van der Waals surface area contributed by atoms with E-state index in [4.69, 9.17) is 0 Å². The fraction of sp³-hybridized carbons (Fsp3) is 0.400. The average Bonchev–Trinajstić information content (AvgIpc) is 4.14. The molecule has 1 saturated carbocycles. The molecule has 0 spiro atoms. The number of allylic oxidation sites excluding steroid dienone is 1. The lowest BCUT2D eigenvalue weighted by Crippen LogP contribution is -2.55. The summed E-state index contributed by atoms with van der Waals surface area (Å²) in [4.78, 5) is 52.9. The Balaban J connectivity index is 1.88. The van der Waals surface area contributed by atoms with Crippen molar-refractivity contribution in [3.63, 3.8) is 0 Å². The number of halogens is 18. The molecule has 426 valence electrons. The lowest BCUT2D eigenvalue weighted by atomic mass is 9.69. The summed E-state index contributed by atoms with van der Waals surface area (Å²) in [5.41, 5.74) is -39.9. The number of aromatic carboxylic acids is 2. The molecule has 1 aliphatic rings. The van der Waals surface area contributed by atoms with Gasteiger partial charge < -0.3 is 31.1 Å². The standard InChI is InChI=1S/C50H42F18N2O8/c1-6-14-40(3,4)70-31-18-24(16-29(20-31)44(78,49(63,64)65)50(66,67)68)23-15-28(43(77,47(57,58)59)48(60,61)62)19-30(17-23)69-37(72)35-22-27(11-13-33(35)39(75)76)42(45(51,52)53,46(54,55)56)26-10-12-32(38(73)74)34(21-26)36(71)41(5,7-2)25-8-9-25/h6,10-22,25,70,77-78H,7-9H2,1-5H3,(H,69,72)(H,73,74)(H,75,76)/b14-6-. The number of hydrogen-bond acceptors (Lipinski definition) is 7. The van der Waals surface area contributed by atoms with E-state index in [1.807, 2.05) is 0 Å². The molecule has 1 aliphatic carbocycles. The number of carboxylic acids is 2. The maximum absolute atomic E-state index is 15.7. The van der Waals surface area contributed by atoms with Crippen LogP contribution < -0.4 is 10.6 Å². The zero-order valence-corrected chi connectivity index (χ0v) is 40.5. The molecule has 78 heavy (non-hydrogen) atoms. The molecule has 28 heteroatoms. The molecule has 1 unspecified atom stereocenters. The van der Waals surface area contributed by atoms with Crippen LogP contribution in [0, 0.1) is 11.3 Å². The molecular formula is C50H42F18N2O8. The third-order valence-corrected chi connectivity index (χ3v) is 13.4. The van der Waals surface area contributed by atoms with Gasteiger partial charge in [-0.2, -0.15) is 79.0 Å². The molecule has 0 radical (unpaired) electrons. The average molecular weight is 1140 g/mol. The number of carbonyl (C=O) groups excluding carboxylic acids is 2. The van der Waals surface area contributed by atoms with Gasteiger partial charge in [0.15, 0.2) is 5.78 Å². The number of hydrogen-bond donors (Lipinski definition) is 6. The second kappa shape index (κ2) is 20.1. The predicted octanol–water partition coefficient (Wildman–Crippen LogP) is 13.8. The van der Waals surface area contributed by atoms with Crippen molar-refractivity contribution in [3.05, 3.63) is 129 Å². The van der Waals surface area contributed by atoms with Crippen molar-refractivity contribution in [2.24, 2.45) is 11.3 Å². The molecule has 1 atom stereocenters. The van der Waals surface area contributed by atoms with E-state index in [0.29, 0.717) is 18.9 Å². The quantitative estimate of drug-likeness (QED) is 0.0363. The summed E-state index contributed by atoms with van der Waals surface area (Å²) < 4.78 is 267. The second-order valence-corrected chi connectivity index (χ2v) is 19.1. The number of Topliss-reactive ketones (excluding diaryl/α,β-unsaturated/α-hetero) is 1. The number of amides is 1. The molecule has 1 amide bonds. The summed E-state index contributed by atoms with van der Waals surface area (Å²) in [7, 11) is 0. The van der Waals surface area contributed by atoms with E-state index >= 15 is 26.3 Å². The van der Waals surface area contributed by atoms with Gasteiger partial charge in [0.2, 0.25) is 5.41 Å². The summed E-state index contributed by atoms with van der Waals surface area (Å²) in [6, 6.07) is -0.457. The minimum atomic E-state index is -6.88. The van der Waals surface area contributed by atoms with Gasteiger partial charge in [-0.3, -0.25) is 9.59 Å².